The van der Waals surface area contributed by atoms with E-state index in [0.717, 1.165) is 41.9 Å². The van der Waals surface area contributed by atoms with Crippen LogP contribution in [0.1, 0.15) is 58.0 Å². The predicted octanol–water partition coefficient (Wildman–Crippen LogP) is 3.27. The number of piperidine rings is 1. The summed E-state index contributed by atoms with van der Waals surface area (Å²) in [6.45, 7) is 10.7. The van der Waals surface area contributed by atoms with Crippen LogP contribution in [0.2, 0.25) is 0 Å². The quantitative estimate of drug-likeness (QED) is 0.801. The molecule has 7 nitrogen and oxygen atoms in total. The van der Waals surface area contributed by atoms with Crippen LogP contribution in [0.25, 0.3) is 0 Å². The molecule has 27 heavy (non-hydrogen) atoms. The fourth-order valence-corrected chi connectivity index (χ4v) is 3.68. The van der Waals surface area contributed by atoms with Crippen LogP contribution >= 0.6 is 0 Å². The Labute approximate surface area is 161 Å². The van der Waals surface area contributed by atoms with Crippen LogP contribution in [0.15, 0.2) is 18.2 Å². The van der Waals surface area contributed by atoms with Gasteiger partial charge in [-0.1, -0.05) is 13.0 Å². The van der Waals surface area contributed by atoms with Crippen LogP contribution in [0.4, 0.5) is 0 Å². The average molecular weight is 374 g/mol. The molecule has 1 aliphatic heterocycles. The largest absolute Gasteiger partial charge is 0.493 e. The number of hydrogen-bond donors (Lipinski definition) is 0. The summed E-state index contributed by atoms with van der Waals surface area (Å²) in [7, 11) is 3.32. The first-order valence-corrected chi connectivity index (χ1v) is 9.60. The molecule has 2 aromatic rings. The van der Waals surface area contributed by atoms with Crippen molar-refractivity contribution in [3.63, 3.8) is 0 Å². The van der Waals surface area contributed by atoms with E-state index in [-0.39, 0.29) is 11.6 Å². The molecule has 1 aliphatic rings. The van der Waals surface area contributed by atoms with Gasteiger partial charge in [0.25, 0.3) is 0 Å². The fourth-order valence-electron chi connectivity index (χ4n) is 3.68. The second-order valence-electron chi connectivity index (χ2n) is 8.36. The number of rotatable bonds is 5. The van der Waals surface area contributed by atoms with Crippen molar-refractivity contribution in [2.24, 2.45) is 5.92 Å². The van der Waals surface area contributed by atoms with Gasteiger partial charge in [-0.15, -0.1) is 5.10 Å². The van der Waals surface area contributed by atoms with Gasteiger partial charge in [0.2, 0.25) is 0 Å². The highest BCUT2D eigenvalue weighted by atomic mass is 16.5. The lowest BCUT2D eigenvalue weighted by Crippen LogP contribution is -2.39. The molecule has 1 unspecified atom stereocenters. The van der Waals surface area contributed by atoms with Crippen LogP contribution in [0.5, 0.6) is 11.5 Å². The van der Waals surface area contributed by atoms with Crippen molar-refractivity contribution in [1.29, 1.82) is 0 Å². The molecule has 148 valence electrons. The number of tetrazole rings is 1. The van der Waals surface area contributed by atoms with Crippen LogP contribution in [-0.4, -0.2) is 52.4 Å². The Morgan fingerprint density at radius 2 is 1.74 bits per heavy atom. The maximum absolute atomic E-state index is 5.54. The molecule has 2 heterocycles. The Kier molecular flexibility index (Phi) is 5.69. The molecule has 0 aliphatic carbocycles. The van der Waals surface area contributed by atoms with Gasteiger partial charge in [-0.25, -0.2) is 4.68 Å². The normalized spacial score (nSPS) is 17.7. The van der Waals surface area contributed by atoms with Crippen LogP contribution in [0, 0.1) is 5.92 Å². The minimum Gasteiger partial charge on any atom is -0.493 e. The number of benzene rings is 1. The molecular formula is C20H31N5O2. The van der Waals surface area contributed by atoms with Gasteiger partial charge >= 0.3 is 0 Å². The summed E-state index contributed by atoms with van der Waals surface area (Å²) < 4.78 is 12.9. The minimum atomic E-state index is -0.198. The highest BCUT2D eigenvalue weighted by Crippen LogP contribution is 2.37. The van der Waals surface area contributed by atoms with Crippen LogP contribution in [-0.2, 0) is 5.54 Å². The maximum atomic E-state index is 5.54. The number of likely N-dealkylation sites (tertiary alicyclic amines) is 1. The summed E-state index contributed by atoms with van der Waals surface area (Å²) in [5, 5.41) is 12.7. The van der Waals surface area contributed by atoms with Gasteiger partial charge in [0.05, 0.1) is 25.8 Å². The molecule has 3 rings (SSSR count). The first kappa shape index (κ1) is 19.6. The van der Waals surface area contributed by atoms with Crippen molar-refractivity contribution in [2.75, 3.05) is 27.3 Å². The fraction of sp³-hybridized carbons (Fsp3) is 0.650. The lowest BCUT2D eigenvalue weighted by molar-refractivity contribution is 0.145. The zero-order chi connectivity index (χ0) is 19.6. The second-order valence-corrected chi connectivity index (χ2v) is 8.36. The Hall–Kier alpha value is -2.15. The van der Waals surface area contributed by atoms with Crippen molar-refractivity contribution in [2.45, 2.75) is 52.1 Å². The van der Waals surface area contributed by atoms with Crippen molar-refractivity contribution in [3.05, 3.63) is 29.6 Å². The number of nitrogens with zero attached hydrogens (tertiary/aromatic N) is 5. The van der Waals surface area contributed by atoms with Crippen molar-refractivity contribution < 1.29 is 9.47 Å². The van der Waals surface area contributed by atoms with E-state index in [9.17, 15) is 0 Å². The van der Waals surface area contributed by atoms with E-state index in [2.05, 4.69) is 54.2 Å². The Morgan fingerprint density at radius 1 is 1.07 bits per heavy atom. The van der Waals surface area contributed by atoms with Gasteiger partial charge in [-0.05, 0) is 80.7 Å². The number of aromatic nitrogens is 4. The Morgan fingerprint density at radius 3 is 2.33 bits per heavy atom. The van der Waals surface area contributed by atoms with Gasteiger partial charge in [0, 0.05) is 0 Å². The summed E-state index contributed by atoms with van der Waals surface area (Å²) >= 11 is 0. The van der Waals surface area contributed by atoms with Gasteiger partial charge in [0.1, 0.15) is 0 Å². The lowest BCUT2D eigenvalue weighted by atomic mass is 9.95. The average Bonchev–Trinajstić information content (AvgIpc) is 3.13. The van der Waals surface area contributed by atoms with Gasteiger partial charge < -0.3 is 9.47 Å². The Bertz CT molecular complexity index is 760. The molecular weight excluding hydrogens is 342 g/mol. The molecule has 1 aromatic carbocycles. The third-order valence-corrected chi connectivity index (χ3v) is 5.28. The molecule has 7 heteroatoms. The molecule has 1 fully saturated rings. The van der Waals surface area contributed by atoms with Crippen molar-refractivity contribution in [1.82, 2.24) is 25.1 Å². The van der Waals surface area contributed by atoms with E-state index in [1.165, 1.54) is 12.8 Å². The molecule has 0 N–H and O–H groups in total. The third-order valence-electron chi connectivity index (χ3n) is 5.28. The standard InChI is InChI=1S/C20H31N5O2/c1-14-9-11-24(12-10-14)18(19-21-22-23-25(19)20(2,3)4)15-7-8-16(26-5)17(13-15)27-6/h7-8,13-14,18H,9-12H2,1-6H3. The Balaban J connectivity index is 2.08. The van der Waals surface area contributed by atoms with Crippen molar-refractivity contribution >= 4 is 0 Å². The lowest BCUT2D eigenvalue weighted by Gasteiger charge is -2.37. The number of hydrogen-bond acceptors (Lipinski definition) is 6. The minimum absolute atomic E-state index is 0.0217. The summed E-state index contributed by atoms with van der Waals surface area (Å²) in [5.74, 6) is 3.07. The zero-order valence-electron chi connectivity index (χ0n) is 17.3. The van der Waals surface area contributed by atoms with E-state index in [0.29, 0.717) is 0 Å². The van der Waals surface area contributed by atoms with Gasteiger partial charge in [0.15, 0.2) is 17.3 Å². The molecule has 0 saturated carbocycles. The highest BCUT2D eigenvalue weighted by molar-refractivity contribution is 5.45. The first-order valence-electron chi connectivity index (χ1n) is 9.60. The topological polar surface area (TPSA) is 65.3 Å². The molecule has 0 spiro atoms. The first-order chi connectivity index (χ1) is 12.8. The van der Waals surface area contributed by atoms with Crippen LogP contribution in [0.3, 0.4) is 0 Å². The SMILES string of the molecule is COc1ccc(C(c2nnnn2C(C)(C)C)N2CCC(C)CC2)cc1OC. The third kappa shape index (κ3) is 4.08. The number of ether oxygens (including phenoxy) is 2. The molecule has 1 saturated heterocycles. The molecule has 1 aromatic heterocycles. The maximum Gasteiger partial charge on any atom is 0.173 e. The monoisotopic (exact) mass is 373 g/mol. The van der Waals surface area contributed by atoms with E-state index in [1.54, 1.807) is 14.2 Å². The molecule has 1 atom stereocenters. The van der Waals surface area contributed by atoms with E-state index < -0.39 is 0 Å². The van der Waals surface area contributed by atoms with E-state index in [4.69, 9.17) is 9.47 Å². The summed E-state index contributed by atoms with van der Waals surface area (Å²) in [6, 6.07) is 6.07. The van der Waals surface area contributed by atoms with Crippen LogP contribution < -0.4 is 9.47 Å². The van der Waals surface area contributed by atoms with Gasteiger partial charge in [-0.3, -0.25) is 4.90 Å². The molecule has 0 radical (unpaired) electrons. The van der Waals surface area contributed by atoms with E-state index >= 15 is 0 Å². The molecule has 0 amide bonds. The number of methoxy groups -OCH3 is 2. The zero-order valence-corrected chi connectivity index (χ0v) is 17.3. The van der Waals surface area contributed by atoms with Crippen molar-refractivity contribution in [3.8, 4) is 11.5 Å². The molecule has 0 bridgehead atoms. The summed E-state index contributed by atoms with van der Waals surface area (Å²) in [5.41, 5.74) is 0.916. The predicted molar refractivity (Wildman–Crippen MR) is 104 cm³/mol. The smallest absolute Gasteiger partial charge is 0.173 e. The van der Waals surface area contributed by atoms with Gasteiger partial charge in [-0.2, -0.15) is 0 Å². The summed E-state index contributed by atoms with van der Waals surface area (Å²) in [4.78, 5) is 2.48. The highest BCUT2D eigenvalue weighted by Gasteiger charge is 2.33. The van der Waals surface area contributed by atoms with E-state index in [1.807, 2.05) is 16.8 Å². The summed E-state index contributed by atoms with van der Waals surface area (Å²) in [6.07, 6.45) is 2.36. The second kappa shape index (κ2) is 7.84.